The maximum atomic E-state index is 12.1. The third-order valence-electron chi connectivity index (χ3n) is 3.51. The highest BCUT2D eigenvalue weighted by Crippen LogP contribution is 2.21. The summed E-state index contributed by atoms with van der Waals surface area (Å²) in [6.07, 6.45) is 0.0791. The fourth-order valence-electron chi connectivity index (χ4n) is 2.57. The van der Waals surface area contributed by atoms with Crippen molar-refractivity contribution in [2.24, 2.45) is 0 Å². The minimum atomic E-state index is -1.21. The van der Waals surface area contributed by atoms with E-state index in [2.05, 4.69) is 10.3 Å². The van der Waals surface area contributed by atoms with E-state index in [-0.39, 0.29) is 30.0 Å². The van der Waals surface area contributed by atoms with E-state index in [4.69, 9.17) is 5.11 Å². The van der Waals surface area contributed by atoms with Crippen LogP contribution in [0.15, 0.2) is 27.8 Å². The number of nitrogens with one attached hydrogen (secondary N) is 2. The molecule has 0 bridgehead atoms. The third-order valence-corrected chi connectivity index (χ3v) is 3.51. The standard InChI is InChI=1S/C13H11N3O5/c17-9-4-6(5-14-9)16-8-3-1-2-7(13(20)21)10(8)15-11(18)12(16)19/h1-3,6H,4-5H2,(H,14,17)(H,15,18)(H,20,21). The molecule has 1 aliphatic heterocycles. The van der Waals surface area contributed by atoms with E-state index in [9.17, 15) is 19.2 Å². The number of nitrogens with zero attached hydrogens (tertiary/aromatic N) is 1. The minimum absolute atomic E-state index is 0.0777. The summed E-state index contributed by atoms with van der Waals surface area (Å²) < 4.78 is 1.19. The maximum absolute atomic E-state index is 12.1. The van der Waals surface area contributed by atoms with E-state index in [0.717, 1.165) is 0 Å². The SMILES string of the molecule is O=C1CC(n2c(=O)c(=O)[nH]c3c(C(=O)O)cccc32)CN1. The number of para-hydroxylation sites is 1. The molecule has 0 spiro atoms. The Labute approximate surface area is 117 Å². The number of hydrogen-bond acceptors (Lipinski definition) is 4. The van der Waals surface area contributed by atoms with E-state index in [1.165, 1.54) is 16.7 Å². The van der Waals surface area contributed by atoms with Crippen LogP contribution in [0.1, 0.15) is 22.8 Å². The zero-order chi connectivity index (χ0) is 15.1. The fraction of sp³-hybridized carbons (Fsp3) is 0.231. The smallest absolute Gasteiger partial charge is 0.337 e. The number of carboxylic acid groups (broad SMARTS) is 1. The maximum Gasteiger partial charge on any atom is 0.337 e. The van der Waals surface area contributed by atoms with Gasteiger partial charge in [-0.25, -0.2) is 4.79 Å². The topological polar surface area (TPSA) is 121 Å². The van der Waals surface area contributed by atoms with E-state index >= 15 is 0 Å². The van der Waals surface area contributed by atoms with E-state index < -0.39 is 23.1 Å². The summed E-state index contributed by atoms with van der Waals surface area (Å²) in [6.45, 7) is 0.231. The molecule has 3 rings (SSSR count). The average molecular weight is 289 g/mol. The van der Waals surface area contributed by atoms with Crippen molar-refractivity contribution >= 4 is 22.9 Å². The first kappa shape index (κ1) is 13.1. The molecule has 8 nitrogen and oxygen atoms in total. The van der Waals surface area contributed by atoms with Crippen molar-refractivity contribution in [1.29, 1.82) is 0 Å². The van der Waals surface area contributed by atoms with Gasteiger partial charge in [0, 0.05) is 13.0 Å². The Morgan fingerprint density at radius 2 is 2.05 bits per heavy atom. The normalized spacial score (nSPS) is 17.9. The van der Waals surface area contributed by atoms with Crippen molar-refractivity contribution in [3.63, 3.8) is 0 Å². The van der Waals surface area contributed by atoms with E-state index in [0.29, 0.717) is 5.52 Å². The molecule has 0 saturated carbocycles. The van der Waals surface area contributed by atoms with Crippen LogP contribution < -0.4 is 16.4 Å². The summed E-state index contributed by atoms with van der Waals surface area (Å²) in [7, 11) is 0. The summed E-state index contributed by atoms with van der Waals surface area (Å²) >= 11 is 0. The van der Waals surface area contributed by atoms with Crippen molar-refractivity contribution in [1.82, 2.24) is 14.9 Å². The van der Waals surface area contributed by atoms with Crippen molar-refractivity contribution in [3.05, 3.63) is 44.5 Å². The van der Waals surface area contributed by atoms with Gasteiger partial charge in [-0.05, 0) is 12.1 Å². The molecule has 1 amide bonds. The molecule has 1 unspecified atom stereocenters. The molecule has 0 aliphatic carbocycles. The predicted octanol–water partition coefficient (Wildman–Crippen LogP) is -0.551. The lowest BCUT2D eigenvalue weighted by atomic mass is 10.1. The number of carbonyl (C=O) groups is 2. The molecule has 1 fully saturated rings. The van der Waals surface area contributed by atoms with Crippen LogP contribution in [0, 0.1) is 0 Å². The van der Waals surface area contributed by atoms with Crippen LogP contribution >= 0.6 is 0 Å². The zero-order valence-electron chi connectivity index (χ0n) is 10.8. The molecule has 1 saturated heterocycles. The highest BCUT2D eigenvalue weighted by Gasteiger charge is 2.26. The Kier molecular flexibility index (Phi) is 2.86. The molecular weight excluding hydrogens is 278 g/mol. The van der Waals surface area contributed by atoms with Crippen LogP contribution in [-0.4, -0.2) is 33.1 Å². The molecular formula is C13H11N3O5. The van der Waals surface area contributed by atoms with Gasteiger partial charge in [0.05, 0.1) is 22.6 Å². The highest BCUT2D eigenvalue weighted by molar-refractivity contribution is 6.00. The highest BCUT2D eigenvalue weighted by atomic mass is 16.4. The zero-order valence-corrected chi connectivity index (χ0v) is 10.8. The lowest BCUT2D eigenvalue weighted by Gasteiger charge is -2.15. The molecule has 1 aromatic heterocycles. The summed E-state index contributed by atoms with van der Waals surface area (Å²) in [5.74, 6) is -1.42. The first-order chi connectivity index (χ1) is 9.99. The molecule has 2 heterocycles. The monoisotopic (exact) mass is 289 g/mol. The molecule has 3 N–H and O–H groups in total. The van der Waals surface area contributed by atoms with Gasteiger partial charge in [-0.15, -0.1) is 0 Å². The number of carbonyl (C=O) groups excluding carboxylic acids is 1. The second kappa shape index (κ2) is 4.58. The molecule has 8 heteroatoms. The van der Waals surface area contributed by atoms with Crippen LogP contribution in [0.4, 0.5) is 0 Å². The largest absolute Gasteiger partial charge is 0.478 e. The molecule has 108 valence electrons. The van der Waals surface area contributed by atoms with Gasteiger partial charge in [-0.2, -0.15) is 0 Å². The third kappa shape index (κ3) is 2.00. The van der Waals surface area contributed by atoms with Crippen LogP contribution in [0.25, 0.3) is 11.0 Å². The van der Waals surface area contributed by atoms with Crippen molar-refractivity contribution in [2.45, 2.75) is 12.5 Å². The van der Waals surface area contributed by atoms with Gasteiger partial charge in [-0.1, -0.05) is 6.07 Å². The summed E-state index contributed by atoms with van der Waals surface area (Å²) in [5.41, 5.74) is -1.44. The van der Waals surface area contributed by atoms with Gasteiger partial charge in [0.25, 0.3) is 0 Å². The Morgan fingerprint density at radius 1 is 1.29 bits per heavy atom. The van der Waals surface area contributed by atoms with Gasteiger partial charge < -0.3 is 15.4 Å². The van der Waals surface area contributed by atoms with E-state index in [1.54, 1.807) is 6.07 Å². The molecule has 0 radical (unpaired) electrons. The van der Waals surface area contributed by atoms with Gasteiger partial charge in [0.2, 0.25) is 5.91 Å². The van der Waals surface area contributed by atoms with Crippen molar-refractivity contribution < 1.29 is 14.7 Å². The average Bonchev–Trinajstić information content (AvgIpc) is 2.85. The number of amides is 1. The van der Waals surface area contributed by atoms with Crippen molar-refractivity contribution in [2.75, 3.05) is 6.54 Å². The Morgan fingerprint density at radius 3 is 2.67 bits per heavy atom. The number of H-pyrrole nitrogens is 1. The van der Waals surface area contributed by atoms with Crippen molar-refractivity contribution in [3.8, 4) is 0 Å². The molecule has 1 atom stereocenters. The van der Waals surface area contributed by atoms with Crippen LogP contribution in [0.2, 0.25) is 0 Å². The van der Waals surface area contributed by atoms with E-state index in [1.807, 2.05) is 0 Å². The van der Waals surface area contributed by atoms with Crippen LogP contribution in [0.5, 0.6) is 0 Å². The van der Waals surface area contributed by atoms with Gasteiger partial charge in [0.15, 0.2) is 0 Å². The number of rotatable bonds is 2. The lowest BCUT2D eigenvalue weighted by Crippen LogP contribution is -2.39. The Hall–Kier alpha value is -2.90. The lowest BCUT2D eigenvalue weighted by molar-refractivity contribution is -0.119. The number of aromatic amines is 1. The first-order valence-corrected chi connectivity index (χ1v) is 6.26. The Balaban J connectivity index is 2.38. The summed E-state index contributed by atoms with van der Waals surface area (Å²) in [4.78, 5) is 48.7. The molecule has 21 heavy (non-hydrogen) atoms. The molecule has 2 aromatic rings. The number of carboxylic acids is 1. The number of aromatic carboxylic acids is 1. The first-order valence-electron chi connectivity index (χ1n) is 6.26. The summed E-state index contributed by atoms with van der Waals surface area (Å²) in [6, 6.07) is 3.87. The van der Waals surface area contributed by atoms with Gasteiger partial charge in [0.1, 0.15) is 0 Å². The quantitative estimate of drug-likeness (QED) is 0.640. The summed E-state index contributed by atoms with van der Waals surface area (Å²) in [5, 5.41) is 11.8. The van der Waals surface area contributed by atoms with Crippen LogP contribution in [-0.2, 0) is 4.79 Å². The second-order valence-corrected chi connectivity index (χ2v) is 4.80. The van der Waals surface area contributed by atoms with Gasteiger partial charge in [-0.3, -0.25) is 19.0 Å². The second-order valence-electron chi connectivity index (χ2n) is 4.80. The number of aromatic nitrogens is 2. The molecule has 1 aromatic carbocycles. The Bertz CT molecular complexity index is 879. The number of fused-ring (bicyclic) bond motifs is 1. The predicted molar refractivity (Wildman–Crippen MR) is 72.5 cm³/mol. The van der Waals surface area contributed by atoms with Crippen LogP contribution in [0.3, 0.4) is 0 Å². The van der Waals surface area contributed by atoms with Gasteiger partial charge >= 0.3 is 17.1 Å². The minimum Gasteiger partial charge on any atom is -0.478 e. The number of hydrogen-bond donors (Lipinski definition) is 3. The number of benzene rings is 1. The molecule has 1 aliphatic rings. The fourth-order valence-corrected chi connectivity index (χ4v) is 2.57.